The van der Waals surface area contributed by atoms with Crippen molar-refractivity contribution in [1.29, 1.82) is 0 Å². The number of likely N-dealkylation sites (tertiary alicyclic amines) is 1. The highest BCUT2D eigenvalue weighted by Gasteiger charge is 2.38. The summed E-state index contributed by atoms with van der Waals surface area (Å²) < 4.78 is 15.6. The predicted molar refractivity (Wildman–Crippen MR) is 126 cm³/mol. The number of carbonyl (C=O) groups is 2. The van der Waals surface area contributed by atoms with Crippen molar-refractivity contribution in [2.45, 2.75) is 44.4 Å². The molecule has 0 aliphatic carbocycles. The first-order valence-electron chi connectivity index (χ1n) is 10.6. The number of halogens is 2. The van der Waals surface area contributed by atoms with E-state index < -0.39 is 22.2 Å². The fourth-order valence-electron chi connectivity index (χ4n) is 3.96. The number of hydrogen-bond donors (Lipinski definition) is 4. The van der Waals surface area contributed by atoms with Crippen molar-refractivity contribution < 1.29 is 19.2 Å². The number of piperidine rings is 1. The van der Waals surface area contributed by atoms with E-state index >= 15 is 0 Å². The number of benzene rings is 1. The van der Waals surface area contributed by atoms with Crippen molar-refractivity contribution in [2.24, 2.45) is 11.8 Å². The molecule has 2 atom stereocenters. The molecule has 2 fully saturated rings. The van der Waals surface area contributed by atoms with Gasteiger partial charge in [0.15, 0.2) is 0 Å². The van der Waals surface area contributed by atoms with E-state index in [1.807, 2.05) is 25.7 Å². The average molecular weight is 505 g/mol. The Bertz CT molecular complexity index is 849. The summed E-state index contributed by atoms with van der Waals surface area (Å²) in [7, 11) is 0. The second-order valence-corrected chi connectivity index (χ2v) is 12.1. The molecule has 178 valence electrons. The van der Waals surface area contributed by atoms with Gasteiger partial charge in [-0.2, -0.15) is 0 Å². The van der Waals surface area contributed by atoms with Crippen LogP contribution in [0.3, 0.4) is 0 Å². The Balaban J connectivity index is 1.74. The molecule has 0 aromatic heterocycles. The molecule has 0 spiro atoms. The maximum atomic E-state index is 12.9. The van der Waals surface area contributed by atoms with E-state index in [1.54, 1.807) is 6.07 Å². The molecule has 3 amide bonds. The number of urea groups is 1. The summed E-state index contributed by atoms with van der Waals surface area (Å²) >= 11 is 10.9. The molecule has 3 rings (SSSR count). The number of phenols is 1. The van der Waals surface area contributed by atoms with Gasteiger partial charge in [0.05, 0.1) is 22.0 Å². The van der Waals surface area contributed by atoms with Gasteiger partial charge in [-0.1, -0.05) is 23.2 Å². The second kappa shape index (κ2) is 10.3. The van der Waals surface area contributed by atoms with E-state index in [2.05, 4.69) is 15.4 Å². The van der Waals surface area contributed by atoms with Gasteiger partial charge in [-0.25, -0.2) is 4.79 Å². The Kier molecular flexibility index (Phi) is 8.09. The lowest BCUT2D eigenvalue weighted by Gasteiger charge is -2.39. The van der Waals surface area contributed by atoms with Gasteiger partial charge in [0, 0.05) is 49.2 Å². The van der Waals surface area contributed by atoms with E-state index in [9.17, 15) is 19.2 Å². The van der Waals surface area contributed by atoms with Gasteiger partial charge >= 0.3 is 6.03 Å². The normalized spacial score (nSPS) is 20.4. The Morgan fingerprint density at radius 1 is 1.22 bits per heavy atom. The fourth-order valence-corrected chi connectivity index (χ4v) is 5.19. The van der Waals surface area contributed by atoms with Crippen molar-refractivity contribution in [2.75, 3.05) is 26.2 Å². The molecule has 2 aliphatic rings. The van der Waals surface area contributed by atoms with Gasteiger partial charge in [-0.3, -0.25) is 4.79 Å². The standard InChI is InChI=1S/C21H30Cl2N4O4S/c1-21(2,3)32(31)26-18(14-8-15(22)16(23)9-17(14)28)12-4-6-27(7-5-12)19(29)13-10-24-20(30)25-11-13/h8-9,12-13,18,26,28H,4-7,10-11H2,1-3H3,(H2,24,25,30)/t18-,32?/m1/s1. The van der Waals surface area contributed by atoms with Crippen LogP contribution in [0.15, 0.2) is 12.1 Å². The summed E-state index contributed by atoms with van der Waals surface area (Å²) in [5.41, 5.74) is 0.543. The third-order valence-electron chi connectivity index (χ3n) is 5.88. The van der Waals surface area contributed by atoms with Crippen LogP contribution in [0.2, 0.25) is 10.0 Å². The zero-order valence-electron chi connectivity index (χ0n) is 18.4. The Morgan fingerprint density at radius 2 is 1.78 bits per heavy atom. The van der Waals surface area contributed by atoms with Crippen LogP contribution >= 0.6 is 23.2 Å². The third kappa shape index (κ3) is 5.94. The van der Waals surface area contributed by atoms with E-state index in [4.69, 9.17) is 23.2 Å². The van der Waals surface area contributed by atoms with Gasteiger partial charge in [-0.05, 0) is 45.6 Å². The minimum absolute atomic E-state index is 0.00895. The smallest absolute Gasteiger partial charge is 0.314 e. The van der Waals surface area contributed by atoms with E-state index in [0.717, 1.165) is 0 Å². The molecule has 1 aromatic rings. The average Bonchev–Trinajstić information content (AvgIpc) is 2.74. The minimum atomic E-state index is -1.38. The van der Waals surface area contributed by atoms with Crippen LogP contribution in [-0.4, -0.2) is 57.4 Å². The van der Waals surface area contributed by atoms with Crippen LogP contribution in [-0.2, 0) is 16.2 Å². The van der Waals surface area contributed by atoms with Gasteiger partial charge in [0.1, 0.15) is 10.5 Å². The van der Waals surface area contributed by atoms with Gasteiger partial charge in [-0.15, -0.1) is 4.72 Å². The zero-order valence-corrected chi connectivity index (χ0v) is 20.7. The van der Waals surface area contributed by atoms with Crippen LogP contribution in [0.5, 0.6) is 5.75 Å². The number of amides is 3. The maximum Gasteiger partial charge on any atom is 0.314 e. The summed E-state index contributed by atoms with van der Waals surface area (Å²) in [5, 5.41) is 16.5. The quantitative estimate of drug-likeness (QED) is 0.459. The first kappa shape index (κ1) is 25.2. The van der Waals surface area contributed by atoms with Crippen molar-refractivity contribution >= 4 is 46.5 Å². The van der Waals surface area contributed by atoms with E-state index in [-0.39, 0.29) is 34.5 Å². The van der Waals surface area contributed by atoms with E-state index in [0.29, 0.717) is 49.6 Å². The van der Waals surface area contributed by atoms with Crippen LogP contribution < -0.4 is 15.4 Å². The molecule has 2 saturated heterocycles. The first-order valence-corrected chi connectivity index (χ1v) is 12.5. The SMILES string of the molecule is CC(C)(C)[S+]([O-])N[C@@H](c1cc(Cl)c(Cl)cc1O)C1CCN(C(=O)C2CNC(=O)NC2)CC1. The lowest BCUT2D eigenvalue weighted by molar-refractivity contribution is -0.136. The first-order chi connectivity index (χ1) is 15.0. The Labute approximate surface area is 201 Å². The lowest BCUT2D eigenvalue weighted by Crippen LogP contribution is -2.55. The monoisotopic (exact) mass is 504 g/mol. The molecule has 1 aromatic carbocycles. The summed E-state index contributed by atoms with van der Waals surface area (Å²) in [6.45, 7) is 7.36. The Hall–Kier alpha value is -1.39. The molecule has 32 heavy (non-hydrogen) atoms. The molecule has 4 N–H and O–H groups in total. The molecular weight excluding hydrogens is 475 g/mol. The van der Waals surface area contributed by atoms with E-state index in [1.165, 1.54) is 6.07 Å². The number of rotatable bonds is 5. The highest BCUT2D eigenvalue weighted by Crippen LogP contribution is 2.40. The number of carbonyl (C=O) groups excluding carboxylic acids is 2. The third-order valence-corrected chi connectivity index (χ3v) is 8.19. The van der Waals surface area contributed by atoms with Crippen molar-refractivity contribution in [3.05, 3.63) is 27.7 Å². The molecule has 11 heteroatoms. The largest absolute Gasteiger partial charge is 0.598 e. The molecule has 2 heterocycles. The molecule has 8 nitrogen and oxygen atoms in total. The maximum absolute atomic E-state index is 12.9. The van der Waals surface area contributed by atoms with Gasteiger partial charge in [0.25, 0.3) is 0 Å². The van der Waals surface area contributed by atoms with Crippen LogP contribution in [0.1, 0.15) is 45.2 Å². The topological polar surface area (TPSA) is 117 Å². The summed E-state index contributed by atoms with van der Waals surface area (Å²) in [6, 6.07) is 2.34. The molecular formula is C21H30Cl2N4O4S. The molecule has 0 bridgehead atoms. The van der Waals surface area contributed by atoms with Crippen LogP contribution in [0.4, 0.5) is 4.79 Å². The number of phenolic OH excluding ortho intramolecular Hbond substituents is 1. The van der Waals surface area contributed by atoms with Gasteiger partial charge < -0.3 is 25.2 Å². The lowest BCUT2D eigenvalue weighted by atomic mass is 9.85. The number of nitrogens with one attached hydrogen (secondary N) is 3. The van der Waals surface area contributed by atoms with Crippen LogP contribution in [0.25, 0.3) is 0 Å². The number of nitrogens with zero attached hydrogens (tertiary/aromatic N) is 1. The van der Waals surface area contributed by atoms with Crippen LogP contribution in [0, 0.1) is 11.8 Å². The summed E-state index contributed by atoms with van der Waals surface area (Å²) in [5.74, 6) is -0.259. The summed E-state index contributed by atoms with van der Waals surface area (Å²) in [4.78, 5) is 25.9. The predicted octanol–water partition coefficient (Wildman–Crippen LogP) is 2.96. The second-order valence-electron chi connectivity index (χ2n) is 9.25. The molecule has 0 saturated carbocycles. The summed E-state index contributed by atoms with van der Waals surface area (Å²) in [6.07, 6.45) is 1.33. The van der Waals surface area contributed by atoms with Crippen molar-refractivity contribution in [1.82, 2.24) is 20.3 Å². The van der Waals surface area contributed by atoms with Crippen molar-refractivity contribution in [3.8, 4) is 5.75 Å². The fraction of sp³-hybridized carbons (Fsp3) is 0.619. The zero-order chi connectivity index (χ0) is 23.6. The molecule has 1 unspecified atom stereocenters. The number of aromatic hydroxyl groups is 1. The minimum Gasteiger partial charge on any atom is -0.598 e. The van der Waals surface area contributed by atoms with Crippen molar-refractivity contribution in [3.63, 3.8) is 0 Å². The molecule has 0 radical (unpaired) electrons. The Morgan fingerprint density at radius 3 is 2.34 bits per heavy atom. The van der Waals surface area contributed by atoms with Gasteiger partial charge in [0.2, 0.25) is 5.91 Å². The highest BCUT2D eigenvalue weighted by atomic mass is 35.5. The number of hydrogen-bond acceptors (Lipinski definition) is 5. The molecule has 2 aliphatic heterocycles. The highest BCUT2D eigenvalue weighted by molar-refractivity contribution is 7.90.